The standard InChI is InChI=1S/C11H12N4O2/c1-17-15-11(12)14-10(16)9-6-7-4-2-3-5-8(7)13-9/h2-6,13H,1H3,(H3,12,14,15,16). The minimum atomic E-state index is -0.455. The van der Waals surface area contributed by atoms with E-state index < -0.39 is 5.91 Å². The van der Waals surface area contributed by atoms with Crippen molar-refractivity contribution in [1.29, 1.82) is 0 Å². The molecule has 6 heteroatoms. The minimum absolute atomic E-state index is 0.0869. The zero-order valence-electron chi connectivity index (χ0n) is 9.23. The Morgan fingerprint density at radius 1 is 1.47 bits per heavy atom. The molecular weight excluding hydrogens is 220 g/mol. The number of aliphatic imine (C=N–C) groups is 1. The lowest BCUT2D eigenvalue weighted by molar-refractivity contribution is 0.0992. The van der Waals surface area contributed by atoms with Gasteiger partial charge in [0.05, 0.1) is 7.11 Å². The van der Waals surface area contributed by atoms with E-state index in [2.05, 4.69) is 20.3 Å². The molecule has 17 heavy (non-hydrogen) atoms. The Bertz CT molecular complexity index is 541. The number of aromatic nitrogens is 1. The first-order valence-electron chi connectivity index (χ1n) is 4.96. The van der Waals surface area contributed by atoms with Crippen molar-refractivity contribution >= 4 is 22.8 Å². The largest absolute Gasteiger partial charge is 0.368 e. The number of nitrogens with one attached hydrogen (secondary N) is 2. The van der Waals surface area contributed by atoms with Gasteiger partial charge in [-0.25, -0.2) is 5.48 Å². The molecule has 0 aliphatic carbocycles. The Balaban J connectivity index is 2.28. The summed E-state index contributed by atoms with van der Waals surface area (Å²) in [6.07, 6.45) is 0. The van der Waals surface area contributed by atoms with Gasteiger partial charge in [-0.1, -0.05) is 18.2 Å². The topological polar surface area (TPSA) is 92.5 Å². The maximum Gasteiger partial charge on any atom is 0.296 e. The molecule has 0 radical (unpaired) electrons. The first-order valence-corrected chi connectivity index (χ1v) is 4.96. The second-order valence-corrected chi connectivity index (χ2v) is 3.38. The van der Waals surface area contributed by atoms with E-state index in [1.807, 2.05) is 24.3 Å². The number of nitrogens with zero attached hydrogens (tertiary/aromatic N) is 1. The van der Waals surface area contributed by atoms with Crippen molar-refractivity contribution in [2.24, 2.45) is 10.7 Å². The summed E-state index contributed by atoms with van der Waals surface area (Å²) >= 11 is 0. The fraction of sp³-hybridized carbons (Fsp3) is 0.0909. The summed E-state index contributed by atoms with van der Waals surface area (Å²) in [5.74, 6) is -0.542. The lowest BCUT2D eigenvalue weighted by Gasteiger charge is -1.99. The van der Waals surface area contributed by atoms with Crippen molar-refractivity contribution < 1.29 is 9.63 Å². The molecule has 4 N–H and O–H groups in total. The van der Waals surface area contributed by atoms with E-state index >= 15 is 0 Å². The second-order valence-electron chi connectivity index (χ2n) is 3.38. The molecule has 1 amide bonds. The third kappa shape index (κ3) is 2.43. The zero-order valence-corrected chi connectivity index (χ0v) is 9.23. The van der Waals surface area contributed by atoms with Crippen LogP contribution in [0.5, 0.6) is 0 Å². The van der Waals surface area contributed by atoms with Crippen LogP contribution in [0.1, 0.15) is 10.5 Å². The Morgan fingerprint density at radius 3 is 2.94 bits per heavy atom. The van der Waals surface area contributed by atoms with Crippen LogP contribution < -0.4 is 11.2 Å². The quantitative estimate of drug-likeness (QED) is 0.405. The van der Waals surface area contributed by atoms with Gasteiger partial charge in [0.15, 0.2) is 0 Å². The van der Waals surface area contributed by atoms with Crippen LogP contribution in [-0.2, 0) is 4.84 Å². The normalized spacial score (nSPS) is 11.7. The van der Waals surface area contributed by atoms with E-state index in [-0.39, 0.29) is 5.96 Å². The van der Waals surface area contributed by atoms with Crippen LogP contribution in [0.15, 0.2) is 35.3 Å². The first kappa shape index (κ1) is 11.2. The van der Waals surface area contributed by atoms with Crippen molar-refractivity contribution in [2.75, 3.05) is 7.11 Å². The fourth-order valence-electron chi connectivity index (χ4n) is 1.49. The van der Waals surface area contributed by atoms with E-state index in [9.17, 15) is 4.79 Å². The summed E-state index contributed by atoms with van der Waals surface area (Å²) in [6, 6.07) is 9.29. The van der Waals surface area contributed by atoms with Crippen molar-refractivity contribution in [3.8, 4) is 0 Å². The summed E-state index contributed by atoms with van der Waals surface area (Å²) in [5, 5.41) is 0.948. The number of guanidine groups is 1. The van der Waals surface area contributed by atoms with Gasteiger partial charge in [-0.2, -0.15) is 4.99 Å². The van der Waals surface area contributed by atoms with Crippen molar-refractivity contribution in [3.05, 3.63) is 36.0 Å². The van der Waals surface area contributed by atoms with Crippen LogP contribution in [0.25, 0.3) is 10.9 Å². The average molecular weight is 232 g/mol. The van der Waals surface area contributed by atoms with Gasteiger partial charge in [-0.05, 0) is 12.1 Å². The molecule has 0 atom stereocenters. The van der Waals surface area contributed by atoms with Crippen LogP contribution in [0.3, 0.4) is 0 Å². The Hall–Kier alpha value is -2.34. The number of nitrogens with two attached hydrogens (primary N) is 1. The SMILES string of the molecule is CONC(N)=NC(=O)c1cc2ccccc2[nH]1. The van der Waals surface area contributed by atoms with Crippen molar-refractivity contribution in [3.63, 3.8) is 0 Å². The van der Waals surface area contributed by atoms with Crippen LogP contribution in [-0.4, -0.2) is 24.0 Å². The number of amides is 1. The number of carbonyl (C=O) groups is 1. The van der Waals surface area contributed by atoms with Crippen LogP contribution in [0.4, 0.5) is 0 Å². The lowest BCUT2D eigenvalue weighted by Crippen LogP contribution is -2.31. The molecule has 0 saturated heterocycles. The summed E-state index contributed by atoms with van der Waals surface area (Å²) in [5.41, 5.74) is 8.93. The van der Waals surface area contributed by atoms with E-state index in [1.54, 1.807) is 6.07 Å². The van der Waals surface area contributed by atoms with E-state index in [4.69, 9.17) is 5.73 Å². The number of hydrogen-bond acceptors (Lipinski definition) is 2. The predicted molar refractivity (Wildman–Crippen MR) is 64.4 cm³/mol. The van der Waals surface area contributed by atoms with Gasteiger partial charge in [0.1, 0.15) is 5.69 Å². The van der Waals surface area contributed by atoms with Gasteiger partial charge in [0, 0.05) is 10.9 Å². The van der Waals surface area contributed by atoms with E-state index in [0.717, 1.165) is 10.9 Å². The number of rotatable bonds is 2. The number of aromatic amines is 1. The van der Waals surface area contributed by atoms with Crippen LogP contribution in [0, 0.1) is 0 Å². The molecular formula is C11H12N4O2. The maximum atomic E-state index is 11.7. The van der Waals surface area contributed by atoms with Crippen molar-refractivity contribution in [2.45, 2.75) is 0 Å². The summed E-state index contributed by atoms with van der Waals surface area (Å²) in [7, 11) is 1.38. The third-order valence-corrected chi connectivity index (χ3v) is 2.19. The number of para-hydroxylation sites is 1. The van der Waals surface area contributed by atoms with Gasteiger partial charge in [0.25, 0.3) is 5.91 Å². The predicted octanol–water partition coefficient (Wildman–Crippen LogP) is 0.774. The lowest BCUT2D eigenvalue weighted by atomic mass is 10.2. The third-order valence-electron chi connectivity index (χ3n) is 2.19. The molecule has 1 aromatic carbocycles. The Morgan fingerprint density at radius 2 is 2.24 bits per heavy atom. The Kier molecular flexibility index (Phi) is 3.06. The molecule has 0 aliphatic rings. The van der Waals surface area contributed by atoms with Gasteiger partial charge in [-0.3, -0.25) is 9.63 Å². The molecule has 1 heterocycles. The molecule has 0 fully saturated rings. The number of fused-ring (bicyclic) bond motifs is 1. The van der Waals surface area contributed by atoms with Crippen molar-refractivity contribution in [1.82, 2.24) is 10.5 Å². The number of hydrogen-bond donors (Lipinski definition) is 3. The average Bonchev–Trinajstić information content (AvgIpc) is 2.72. The number of benzene rings is 1. The highest BCUT2D eigenvalue weighted by Gasteiger charge is 2.08. The highest BCUT2D eigenvalue weighted by atomic mass is 16.6. The van der Waals surface area contributed by atoms with E-state index in [1.165, 1.54) is 7.11 Å². The fourth-order valence-corrected chi connectivity index (χ4v) is 1.49. The van der Waals surface area contributed by atoms with E-state index in [0.29, 0.717) is 5.69 Å². The smallest absolute Gasteiger partial charge is 0.296 e. The van der Waals surface area contributed by atoms with Gasteiger partial charge in [0.2, 0.25) is 5.96 Å². The molecule has 2 aromatic rings. The second kappa shape index (κ2) is 4.67. The molecule has 1 aromatic heterocycles. The number of hydroxylamine groups is 1. The summed E-state index contributed by atoms with van der Waals surface area (Å²) in [6.45, 7) is 0. The maximum absolute atomic E-state index is 11.7. The molecule has 0 saturated carbocycles. The highest BCUT2D eigenvalue weighted by molar-refractivity contribution is 6.03. The first-order chi connectivity index (χ1) is 8.20. The molecule has 0 spiro atoms. The van der Waals surface area contributed by atoms with Gasteiger partial charge < -0.3 is 10.7 Å². The number of carbonyl (C=O) groups excluding carboxylic acids is 1. The summed E-state index contributed by atoms with van der Waals surface area (Å²) < 4.78 is 0. The van der Waals surface area contributed by atoms with Crippen LogP contribution in [0.2, 0.25) is 0 Å². The molecule has 0 unspecified atom stereocenters. The zero-order chi connectivity index (χ0) is 12.3. The van der Waals surface area contributed by atoms with Gasteiger partial charge in [-0.15, -0.1) is 0 Å². The molecule has 88 valence electrons. The highest BCUT2D eigenvalue weighted by Crippen LogP contribution is 2.14. The summed E-state index contributed by atoms with van der Waals surface area (Å²) in [4.78, 5) is 22.8. The van der Waals surface area contributed by atoms with Gasteiger partial charge >= 0.3 is 0 Å². The molecule has 0 bridgehead atoms. The molecule has 2 rings (SSSR count). The molecule has 0 aliphatic heterocycles. The molecule has 6 nitrogen and oxygen atoms in total. The monoisotopic (exact) mass is 232 g/mol. The minimum Gasteiger partial charge on any atom is -0.368 e. The number of H-pyrrole nitrogens is 1. The Labute approximate surface area is 97.4 Å². The van der Waals surface area contributed by atoms with Crippen LogP contribution >= 0.6 is 0 Å².